The lowest BCUT2D eigenvalue weighted by Gasteiger charge is -2.28. The maximum Gasteiger partial charge on any atom is 0.410 e. The van der Waals surface area contributed by atoms with Crippen molar-refractivity contribution >= 4 is 26.3 Å². The minimum absolute atomic E-state index is 0.0416. The third-order valence-electron chi connectivity index (χ3n) is 2.45. The van der Waals surface area contributed by atoms with Gasteiger partial charge in [-0.3, -0.25) is 0 Å². The molecule has 11 heteroatoms. The Morgan fingerprint density at radius 1 is 1.05 bits per heavy atom. The number of ether oxygens (including phenoxy) is 1. The molecule has 0 spiro atoms. The van der Waals surface area contributed by atoms with E-state index in [1.807, 2.05) is 0 Å². The first-order chi connectivity index (χ1) is 9.61. The fraction of sp³-hybridized carbons (Fsp3) is 0.909. The molecule has 1 fully saturated rings. The van der Waals surface area contributed by atoms with Crippen LogP contribution in [0.1, 0.15) is 27.2 Å². The van der Waals surface area contributed by atoms with E-state index in [0.29, 0.717) is 0 Å². The third kappa shape index (κ3) is 6.46. The molecule has 1 saturated heterocycles. The van der Waals surface area contributed by atoms with Crippen LogP contribution in [0.4, 0.5) is 4.79 Å². The predicted octanol–water partition coefficient (Wildman–Crippen LogP) is 0.276. The van der Waals surface area contributed by atoms with Gasteiger partial charge in [0.25, 0.3) is 20.2 Å². The summed E-state index contributed by atoms with van der Waals surface area (Å²) < 4.78 is 60.1. The molecular weight excluding hydrogens is 338 g/mol. The maximum atomic E-state index is 12.0. The maximum absolute atomic E-state index is 12.0. The van der Waals surface area contributed by atoms with Gasteiger partial charge in [0.05, 0.1) is 19.1 Å². The van der Waals surface area contributed by atoms with Crippen molar-refractivity contribution in [3.8, 4) is 0 Å². The second-order valence-corrected chi connectivity index (χ2v) is 9.29. The van der Waals surface area contributed by atoms with Crippen molar-refractivity contribution < 1.29 is 34.7 Å². The Hall–Kier alpha value is -0.910. The monoisotopic (exact) mass is 359 g/mol. The zero-order valence-electron chi connectivity index (χ0n) is 13.2. The van der Waals surface area contributed by atoms with Crippen molar-refractivity contribution in [1.29, 1.82) is 0 Å². The van der Waals surface area contributed by atoms with Crippen molar-refractivity contribution in [2.45, 2.75) is 38.6 Å². The van der Waals surface area contributed by atoms with Crippen LogP contribution in [0, 0.1) is 0 Å². The van der Waals surface area contributed by atoms with Gasteiger partial charge < -0.3 is 9.64 Å². The first kappa shape index (κ1) is 19.1. The molecule has 1 aliphatic heterocycles. The number of rotatable bonds is 4. The van der Waals surface area contributed by atoms with Gasteiger partial charge in [-0.2, -0.15) is 16.8 Å². The molecule has 0 atom stereocenters. The fourth-order valence-electron chi connectivity index (χ4n) is 1.94. The highest BCUT2D eigenvalue weighted by Crippen LogP contribution is 2.31. The fourth-order valence-corrected chi connectivity index (χ4v) is 3.42. The first-order valence-electron chi connectivity index (χ1n) is 6.40. The van der Waals surface area contributed by atoms with Crippen molar-refractivity contribution in [1.82, 2.24) is 4.90 Å². The number of likely N-dealkylation sites (tertiary alicyclic amines) is 1. The van der Waals surface area contributed by atoms with Crippen molar-refractivity contribution in [2.75, 3.05) is 25.6 Å². The molecule has 1 amide bonds. The number of hydrogen-bond donors (Lipinski definition) is 0. The number of amides is 1. The van der Waals surface area contributed by atoms with E-state index in [9.17, 15) is 21.6 Å². The van der Waals surface area contributed by atoms with E-state index < -0.39 is 37.7 Å². The van der Waals surface area contributed by atoms with Crippen molar-refractivity contribution in [2.24, 2.45) is 0 Å². The van der Waals surface area contributed by atoms with Gasteiger partial charge in [-0.25, -0.2) is 13.2 Å². The second kappa shape index (κ2) is 5.95. The summed E-state index contributed by atoms with van der Waals surface area (Å²) in [4.78, 5) is 13.1. The molecule has 22 heavy (non-hydrogen) atoms. The molecule has 0 aliphatic carbocycles. The molecule has 1 aliphatic rings. The summed E-state index contributed by atoms with van der Waals surface area (Å²) in [5, 5.41) is 0. The molecule has 1 rings (SSSR count). The molecule has 0 N–H and O–H groups in total. The highest BCUT2D eigenvalue weighted by atomic mass is 32.2. The third-order valence-corrected chi connectivity index (χ3v) is 3.67. The molecule has 0 aromatic rings. The number of carbonyl (C=O) groups is 1. The molecule has 0 aromatic carbocycles. The molecule has 130 valence electrons. The lowest BCUT2D eigenvalue weighted by atomic mass is 10.2. The van der Waals surface area contributed by atoms with Gasteiger partial charge in [0.2, 0.25) is 5.79 Å². The average Bonchev–Trinajstić information content (AvgIpc) is 2.52. The van der Waals surface area contributed by atoms with E-state index in [0.717, 1.165) is 17.4 Å². The highest BCUT2D eigenvalue weighted by molar-refractivity contribution is 7.86. The van der Waals surface area contributed by atoms with Gasteiger partial charge in [-0.1, -0.05) is 0 Å². The number of hydrogen-bond acceptors (Lipinski definition) is 8. The van der Waals surface area contributed by atoms with Crippen LogP contribution in [0.2, 0.25) is 0 Å². The summed E-state index contributed by atoms with van der Waals surface area (Å²) in [6.07, 6.45) is 0.725. The van der Waals surface area contributed by atoms with Crippen molar-refractivity contribution in [3.05, 3.63) is 0 Å². The Morgan fingerprint density at radius 3 is 1.86 bits per heavy atom. The van der Waals surface area contributed by atoms with Gasteiger partial charge in [0.15, 0.2) is 0 Å². The van der Waals surface area contributed by atoms with Crippen LogP contribution in [0.5, 0.6) is 0 Å². The van der Waals surface area contributed by atoms with Gasteiger partial charge in [0.1, 0.15) is 5.60 Å². The quantitative estimate of drug-likeness (QED) is 0.519. The van der Waals surface area contributed by atoms with Crippen LogP contribution in [0.25, 0.3) is 0 Å². The molecule has 0 bridgehead atoms. The first-order valence-corrected chi connectivity index (χ1v) is 10.0. The number of carbonyl (C=O) groups excluding carboxylic acids is 1. The summed E-state index contributed by atoms with van der Waals surface area (Å²) in [7, 11) is -7.98. The van der Waals surface area contributed by atoms with E-state index in [2.05, 4.69) is 0 Å². The zero-order valence-corrected chi connectivity index (χ0v) is 14.8. The Labute approximate surface area is 130 Å². The average molecular weight is 359 g/mol. The van der Waals surface area contributed by atoms with Gasteiger partial charge in [-0.15, -0.1) is 0 Å². The molecule has 0 radical (unpaired) electrons. The normalized spacial score (nSPS) is 19.2. The summed E-state index contributed by atoms with van der Waals surface area (Å²) >= 11 is 0. The van der Waals surface area contributed by atoms with Gasteiger partial charge in [0, 0.05) is 13.0 Å². The summed E-state index contributed by atoms with van der Waals surface area (Å²) in [5.41, 5.74) is -0.738. The lowest BCUT2D eigenvalue weighted by Crippen LogP contribution is -2.44. The standard InChI is InChI=1S/C11H21NO8S2/c1-10(2,3)18-9(13)12-7-6-11(8-12,19-21(4,14)15)20-22(5,16)17/h6-8H2,1-5H3. The zero-order chi connectivity index (χ0) is 17.4. The number of nitrogens with zero attached hydrogens (tertiary/aromatic N) is 1. The summed E-state index contributed by atoms with van der Waals surface area (Å²) in [6, 6.07) is 0. The molecule has 0 saturated carbocycles. The van der Waals surface area contributed by atoms with Crippen LogP contribution >= 0.6 is 0 Å². The predicted molar refractivity (Wildman–Crippen MR) is 77.0 cm³/mol. The van der Waals surface area contributed by atoms with Crippen LogP contribution in [-0.4, -0.2) is 64.8 Å². The largest absolute Gasteiger partial charge is 0.444 e. The Bertz CT molecular complexity index is 597. The van der Waals surface area contributed by atoms with Crippen LogP contribution < -0.4 is 0 Å². The van der Waals surface area contributed by atoms with E-state index in [1.54, 1.807) is 20.8 Å². The van der Waals surface area contributed by atoms with Gasteiger partial charge in [-0.05, 0) is 20.8 Å². The van der Waals surface area contributed by atoms with Crippen LogP contribution in [0.15, 0.2) is 0 Å². The molecule has 1 heterocycles. The van der Waals surface area contributed by atoms with E-state index >= 15 is 0 Å². The molecule has 0 aromatic heterocycles. The van der Waals surface area contributed by atoms with Gasteiger partial charge >= 0.3 is 6.09 Å². The lowest BCUT2D eigenvalue weighted by molar-refractivity contribution is -0.0924. The summed E-state index contributed by atoms with van der Waals surface area (Å²) in [5.74, 6) is -1.96. The van der Waals surface area contributed by atoms with E-state index in [4.69, 9.17) is 13.1 Å². The smallest absolute Gasteiger partial charge is 0.410 e. The molecule has 0 unspecified atom stereocenters. The topological polar surface area (TPSA) is 116 Å². The van der Waals surface area contributed by atoms with E-state index in [-0.39, 0.29) is 19.5 Å². The minimum Gasteiger partial charge on any atom is -0.444 e. The van der Waals surface area contributed by atoms with Crippen LogP contribution in [-0.2, 0) is 33.3 Å². The Kier molecular flexibility index (Phi) is 5.17. The summed E-state index contributed by atoms with van der Waals surface area (Å²) in [6.45, 7) is 4.69. The second-order valence-electron chi connectivity index (χ2n) is 6.14. The SMILES string of the molecule is CC(C)(C)OC(=O)N1CCC(OS(C)(=O)=O)(OS(C)(=O)=O)C1. The Morgan fingerprint density at radius 2 is 1.50 bits per heavy atom. The minimum atomic E-state index is -3.99. The Balaban J connectivity index is 2.96. The molecular formula is C11H21NO8S2. The highest BCUT2D eigenvalue weighted by Gasteiger charge is 2.48. The van der Waals surface area contributed by atoms with Crippen molar-refractivity contribution in [3.63, 3.8) is 0 Å². The van der Waals surface area contributed by atoms with Crippen LogP contribution in [0.3, 0.4) is 0 Å². The molecule has 9 nitrogen and oxygen atoms in total. The van der Waals surface area contributed by atoms with E-state index in [1.165, 1.54) is 0 Å².